The maximum atomic E-state index is 6.20. The molecule has 1 heterocycles. The number of nitrogens with one attached hydrogen (secondary N) is 1. The van der Waals surface area contributed by atoms with Crippen molar-refractivity contribution < 1.29 is 4.74 Å². The Morgan fingerprint density at radius 3 is 2.36 bits per heavy atom. The van der Waals surface area contributed by atoms with Gasteiger partial charge in [0, 0.05) is 23.2 Å². The van der Waals surface area contributed by atoms with Crippen LogP contribution < -0.4 is 10.1 Å². The molecule has 0 saturated carbocycles. The standard InChI is InChI=1S/C23H39NO/c1-6-8-10-11-12-13-19-20(14-9-7-2)24-23-18(5)15-16-21(22(19)23)25-17(3)4/h15-17,19-20,24H,6-14H2,1-5H3. The summed E-state index contributed by atoms with van der Waals surface area (Å²) in [6.45, 7) is 11.1. The van der Waals surface area contributed by atoms with Crippen LogP contribution in [0.25, 0.3) is 0 Å². The second-order valence-corrected chi connectivity index (χ2v) is 8.04. The Hall–Kier alpha value is -1.18. The lowest BCUT2D eigenvalue weighted by Gasteiger charge is -2.22. The van der Waals surface area contributed by atoms with Gasteiger partial charge in [-0.25, -0.2) is 0 Å². The summed E-state index contributed by atoms with van der Waals surface area (Å²) >= 11 is 0. The van der Waals surface area contributed by atoms with Gasteiger partial charge in [0.1, 0.15) is 5.75 Å². The predicted octanol–water partition coefficient (Wildman–Crippen LogP) is 7.21. The number of hydrogen-bond donors (Lipinski definition) is 1. The molecule has 0 aromatic heterocycles. The van der Waals surface area contributed by atoms with Crippen LogP contribution >= 0.6 is 0 Å². The van der Waals surface area contributed by atoms with E-state index >= 15 is 0 Å². The highest BCUT2D eigenvalue weighted by Gasteiger charge is 2.35. The fraction of sp³-hybridized carbons (Fsp3) is 0.739. The van der Waals surface area contributed by atoms with E-state index < -0.39 is 0 Å². The van der Waals surface area contributed by atoms with Crippen LogP contribution in [0.15, 0.2) is 12.1 Å². The minimum absolute atomic E-state index is 0.228. The lowest BCUT2D eigenvalue weighted by molar-refractivity contribution is 0.238. The van der Waals surface area contributed by atoms with Crippen molar-refractivity contribution in [1.82, 2.24) is 0 Å². The lowest BCUT2D eigenvalue weighted by atomic mass is 9.86. The molecule has 2 nitrogen and oxygen atoms in total. The van der Waals surface area contributed by atoms with Gasteiger partial charge in [0.25, 0.3) is 0 Å². The minimum Gasteiger partial charge on any atom is -0.491 e. The number of benzene rings is 1. The van der Waals surface area contributed by atoms with Gasteiger partial charge in [-0.2, -0.15) is 0 Å². The first-order chi connectivity index (χ1) is 12.1. The van der Waals surface area contributed by atoms with E-state index in [1.165, 1.54) is 74.6 Å². The van der Waals surface area contributed by atoms with Crippen LogP contribution in [0, 0.1) is 6.92 Å². The fourth-order valence-electron chi connectivity index (χ4n) is 4.12. The zero-order valence-electron chi connectivity index (χ0n) is 17.2. The van der Waals surface area contributed by atoms with Crippen molar-refractivity contribution in [1.29, 1.82) is 0 Å². The van der Waals surface area contributed by atoms with Gasteiger partial charge < -0.3 is 10.1 Å². The van der Waals surface area contributed by atoms with Gasteiger partial charge in [0.05, 0.1) is 6.10 Å². The number of ether oxygens (including phenoxy) is 1. The zero-order chi connectivity index (χ0) is 18.2. The third-order valence-corrected chi connectivity index (χ3v) is 5.45. The van der Waals surface area contributed by atoms with E-state index in [2.05, 4.69) is 52.1 Å². The van der Waals surface area contributed by atoms with Crippen LogP contribution in [-0.2, 0) is 0 Å². The Kier molecular flexibility index (Phi) is 8.12. The van der Waals surface area contributed by atoms with Gasteiger partial charge >= 0.3 is 0 Å². The molecule has 2 rings (SSSR count). The molecule has 25 heavy (non-hydrogen) atoms. The molecule has 2 atom stereocenters. The number of anilines is 1. The first-order valence-electron chi connectivity index (χ1n) is 10.6. The number of fused-ring (bicyclic) bond motifs is 1. The molecule has 0 bridgehead atoms. The van der Waals surface area contributed by atoms with Gasteiger partial charge in [0.15, 0.2) is 0 Å². The number of unbranched alkanes of at least 4 members (excludes halogenated alkanes) is 5. The molecule has 0 saturated heterocycles. The van der Waals surface area contributed by atoms with Gasteiger partial charge in [-0.1, -0.05) is 64.9 Å². The van der Waals surface area contributed by atoms with Crippen LogP contribution in [0.3, 0.4) is 0 Å². The average molecular weight is 346 g/mol. The van der Waals surface area contributed by atoms with E-state index in [4.69, 9.17) is 4.74 Å². The molecule has 1 aliphatic rings. The molecule has 1 aromatic rings. The molecule has 0 aliphatic carbocycles. The highest BCUT2D eigenvalue weighted by Crippen LogP contribution is 2.47. The Morgan fingerprint density at radius 1 is 0.960 bits per heavy atom. The second-order valence-electron chi connectivity index (χ2n) is 8.04. The summed E-state index contributed by atoms with van der Waals surface area (Å²) in [5, 5.41) is 3.87. The van der Waals surface area contributed by atoms with Crippen LogP contribution in [0.4, 0.5) is 5.69 Å². The summed E-state index contributed by atoms with van der Waals surface area (Å²) in [5.41, 5.74) is 4.18. The number of hydrogen-bond acceptors (Lipinski definition) is 2. The molecule has 142 valence electrons. The molecule has 2 heteroatoms. The van der Waals surface area contributed by atoms with Crippen LogP contribution in [0.5, 0.6) is 5.75 Å². The fourth-order valence-corrected chi connectivity index (χ4v) is 4.12. The molecule has 2 unspecified atom stereocenters. The highest BCUT2D eigenvalue weighted by molar-refractivity contribution is 5.68. The van der Waals surface area contributed by atoms with Crippen molar-refractivity contribution >= 4 is 5.69 Å². The molecule has 1 aromatic carbocycles. The summed E-state index contributed by atoms with van der Waals surface area (Å²) in [7, 11) is 0. The Balaban J connectivity index is 2.18. The van der Waals surface area contributed by atoms with Crippen molar-refractivity contribution in [2.24, 2.45) is 0 Å². The zero-order valence-corrected chi connectivity index (χ0v) is 17.2. The maximum Gasteiger partial charge on any atom is 0.125 e. The molecular weight excluding hydrogens is 306 g/mol. The molecule has 1 N–H and O–H groups in total. The molecule has 1 aliphatic heterocycles. The number of aryl methyl sites for hydroxylation is 1. The SMILES string of the molecule is CCCCCCCC1c2c(OC(C)C)ccc(C)c2NC1CCCC. The lowest BCUT2D eigenvalue weighted by Crippen LogP contribution is -2.21. The molecule has 0 spiro atoms. The van der Waals surface area contributed by atoms with Crippen molar-refractivity contribution in [3.63, 3.8) is 0 Å². The normalized spacial score (nSPS) is 19.1. The first-order valence-corrected chi connectivity index (χ1v) is 10.6. The van der Waals surface area contributed by atoms with E-state index in [-0.39, 0.29) is 6.10 Å². The third-order valence-electron chi connectivity index (χ3n) is 5.45. The molecule has 0 radical (unpaired) electrons. The summed E-state index contributed by atoms with van der Waals surface area (Å²) in [5.74, 6) is 1.72. The van der Waals surface area contributed by atoms with E-state index in [1.807, 2.05) is 0 Å². The van der Waals surface area contributed by atoms with Crippen molar-refractivity contribution in [3.05, 3.63) is 23.3 Å². The van der Waals surface area contributed by atoms with Crippen molar-refractivity contribution in [2.45, 2.75) is 110 Å². The molecule has 0 fully saturated rings. The Labute approximate surface area is 155 Å². The average Bonchev–Trinajstić information content (AvgIpc) is 2.95. The largest absolute Gasteiger partial charge is 0.491 e. The van der Waals surface area contributed by atoms with Gasteiger partial charge in [-0.05, 0) is 45.2 Å². The molecule has 0 amide bonds. The smallest absolute Gasteiger partial charge is 0.125 e. The summed E-state index contributed by atoms with van der Waals surface area (Å²) in [4.78, 5) is 0. The minimum atomic E-state index is 0.228. The van der Waals surface area contributed by atoms with Crippen molar-refractivity contribution in [2.75, 3.05) is 5.32 Å². The molecular formula is C23H39NO. The maximum absolute atomic E-state index is 6.20. The summed E-state index contributed by atoms with van der Waals surface area (Å²) in [6, 6.07) is 4.99. The van der Waals surface area contributed by atoms with E-state index in [1.54, 1.807) is 0 Å². The summed E-state index contributed by atoms with van der Waals surface area (Å²) in [6.07, 6.45) is 12.1. The quantitative estimate of drug-likeness (QED) is 0.428. The van der Waals surface area contributed by atoms with Gasteiger partial charge in [0.2, 0.25) is 0 Å². The highest BCUT2D eigenvalue weighted by atomic mass is 16.5. The van der Waals surface area contributed by atoms with Crippen LogP contribution in [0.1, 0.15) is 103 Å². The summed E-state index contributed by atoms with van der Waals surface area (Å²) < 4.78 is 6.20. The predicted molar refractivity (Wildman–Crippen MR) is 110 cm³/mol. The van der Waals surface area contributed by atoms with E-state index in [0.29, 0.717) is 12.0 Å². The first kappa shape index (κ1) is 20.1. The van der Waals surface area contributed by atoms with E-state index in [9.17, 15) is 0 Å². The van der Waals surface area contributed by atoms with E-state index in [0.717, 1.165) is 5.75 Å². The monoisotopic (exact) mass is 345 g/mol. The van der Waals surface area contributed by atoms with Crippen LogP contribution in [0.2, 0.25) is 0 Å². The number of rotatable bonds is 11. The van der Waals surface area contributed by atoms with Gasteiger partial charge in [-0.15, -0.1) is 0 Å². The Bertz CT molecular complexity index is 523. The topological polar surface area (TPSA) is 21.3 Å². The van der Waals surface area contributed by atoms with Crippen molar-refractivity contribution in [3.8, 4) is 5.75 Å². The van der Waals surface area contributed by atoms with Gasteiger partial charge in [-0.3, -0.25) is 0 Å². The third kappa shape index (κ3) is 5.39. The second kappa shape index (κ2) is 10.1. The van der Waals surface area contributed by atoms with Crippen LogP contribution in [-0.4, -0.2) is 12.1 Å². The Morgan fingerprint density at radius 2 is 1.68 bits per heavy atom.